The van der Waals surface area contributed by atoms with Gasteiger partial charge in [-0.25, -0.2) is 4.98 Å². The van der Waals surface area contributed by atoms with Gasteiger partial charge >= 0.3 is 6.18 Å². The first-order valence-electron chi connectivity index (χ1n) is 14.3. The summed E-state index contributed by atoms with van der Waals surface area (Å²) in [6, 6.07) is 16.3. The number of hydrogen-bond acceptors (Lipinski definition) is 5. The van der Waals surface area contributed by atoms with Gasteiger partial charge in [-0.15, -0.1) is 0 Å². The summed E-state index contributed by atoms with van der Waals surface area (Å²) in [5, 5.41) is 3.06. The molecule has 2 aromatic carbocycles. The van der Waals surface area contributed by atoms with Crippen LogP contribution in [0.5, 0.6) is 0 Å². The highest BCUT2D eigenvalue weighted by Crippen LogP contribution is 2.45. The van der Waals surface area contributed by atoms with Crippen LogP contribution in [0.4, 0.5) is 24.5 Å². The zero-order valence-corrected chi connectivity index (χ0v) is 22.9. The number of nitrogens with zero attached hydrogens (tertiary/aromatic N) is 2. The van der Waals surface area contributed by atoms with Crippen molar-refractivity contribution in [3.8, 4) is 11.3 Å². The Morgan fingerprint density at radius 3 is 2.63 bits per heavy atom. The summed E-state index contributed by atoms with van der Waals surface area (Å²) >= 11 is 0. The Morgan fingerprint density at radius 2 is 1.83 bits per heavy atom. The molecule has 1 aromatic heterocycles. The molecule has 2 atom stereocenters. The number of aryl methyl sites for hydroxylation is 1. The number of unbranched alkanes of at least 4 members (excludes halogenated alkanes) is 2. The number of hydrogen-bond donors (Lipinski definition) is 2. The molecule has 9 heteroatoms. The van der Waals surface area contributed by atoms with Crippen LogP contribution >= 0.6 is 0 Å². The molecule has 2 aliphatic rings. The molecule has 2 bridgehead atoms. The predicted octanol–water partition coefficient (Wildman–Crippen LogP) is 6.35. The number of alkyl halides is 3. The lowest BCUT2D eigenvalue weighted by Gasteiger charge is -2.32. The van der Waals surface area contributed by atoms with Gasteiger partial charge < -0.3 is 16.0 Å². The molecule has 0 aliphatic carbocycles. The van der Waals surface area contributed by atoms with Gasteiger partial charge in [-0.2, -0.15) is 13.2 Å². The van der Waals surface area contributed by atoms with Crippen molar-refractivity contribution in [3.63, 3.8) is 0 Å². The van der Waals surface area contributed by atoms with Crippen molar-refractivity contribution in [2.75, 3.05) is 29.9 Å². The number of fused-ring (bicyclic) bond motifs is 4. The van der Waals surface area contributed by atoms with Crippen LogP contribution in [0.2, 0.25) is 0 Å². The Labute approximate surface area is 238 Å². The first-order valence-corrected chi connectivity index (χ1v) is 14.3. The van der Waals surface area contributed by atoms with E-state index in [0.717, 1.165) is 62.2 Å². The monoisotopic (exact) mass is 564 g/mol. The number of aromatic nitrogens is 1. The summed E-state index contributed by atoms with van der Waals surface area (Å²) in [5.41, 5.74) is 8.62. The molecule has 0 radical (unpaired) electrons. The minimum absolute atomic E-state index is 0.0619. The number of benzene rings is 2. The second-order valence-corrected chi connectivity index (χ2v) is 11.0. The lowest BCUT2D eigenvalue weighted by atomic mass is 9.84. The fourth-order valence-corrected chi connectivity index (χ4v) is 5.90. The molecular formula is C32H35F3N4O2. The van der Waals surface area contributed by atoms with Gasteiger partial charge in [0.25, 0.3) is 0 Å². The zero-order chi connectivity index (χ0) is 29.0. The van der Waals surface area contributed by atoms with Crippen LogP contribution in [0, 0.1) is 5.92 Å². The highest BCUT2D eigenvalue weighted by Gasteiger charge is 2.43. The molecule has 1 saturated heterocycles. The van der Waals surface area contributed by atoms with Crippen molar-refractivity contribution in [2.24, 2.45) is 11.7 Å². The molecule has 3 aromatic rings. The van der Waals surface area contributed by atoms with Crippen molar-refractivity contribution in [2.45, 2.75) is 57.0 Å². The molecule has 0 saturated carbocycles. The van der Waals surface area contributed by atoms with Gasteiger partial charge in [0.05, 0.1) is 28.6 Å². The molecule has 41 heavy (non-hydrogen) atoms. The van der Waals surface area contributed by atoms with Gasteiger partial charge in [-0.3, -0.25) is 9.59 Å². The van der Waals surface area contributed by atoms with Gasteiger partial charge in [0.1, 0.15) is 5.78 Å². The van der Waals surface area contributed by atoms with Crippen molar-refractivity contribution >= 4 is 23.1 Å². The van der Waals surface area contributed by atoms with Gasteiger partial charge in [0, 0.05) is 37.2 Å². The Morgan fingerprint density at radius 1 is 1.00 bits per heavy atom. The van der Waals surface area contributed by atoms with E-state index in [-0.39, 0.29) is 17.6 Å². The minimum Gasteiger partial charge on any atom is -0.370 e. The molecule has 2 aliphatic heterocycles. The number of ketones is 1. The highest BCUT2D eigenvalue weighted by molar-refractivity contribution is 5.97. The van der Waals surface area contributed by atoms with Crippen molar-refractivity contribution in [3.05, 3.63) is 77.5 Å². The van der Waals surface area contributed by atoms with Crippen LogP contribution in [0.15, 0.2) is 60.7 Å². The lowest BCUT2D eigenvalue weighted by Crippen LogP contribution is -2.36. The number of carbonyl (C=O) groups is 2. The van der Waals surface area contributed by atoms with Crippen molar-refractivity contribution < 1.29 is 22.8 Å². The second kappa shape index (κ2) is 12.4. The molecular weight excluding hydrogens is 529 g/mol. The average molecular weight is 565 g/mol. The molecule has 6 nitrogen and oxygen atoms in total. The number of pyridine rings is 1. The van der Waals surface area contributed by atoms with E-state index in [9.17, 15) is 22.8 Å². The maximum absolute atomic E-state index is 13.7. The number of halogens is 3. The molecule has 1 unspecified atom stereocenters. The van der Waals surface area contributed by atoms with E-state index in [4.69, 9.17) is 10.7 Å². The van der Waals surface area contributed by atoms with E-state index >= 15 is 0 Å². The minimum atomic E-state index is -4.45. The van der Waals surface area contributed by atoms with Crippen molar-refractivity contribution in [1.82, 2.24) is 4.98 Å². The van der Waals surface area contributed by atoms with E-state index in [1.807, 2.05) is 30.3 Å². The van der Waals surface area contributed by atoms with Crippen LogP contribution in [-0.2, 0) is 22.2 Å². The number of carbonyl (C=O) groups excluding carboxylic acids is 2. The second-order valence-electron chi connectivity index (χ2n) is 11.0. The Kier molecular flexibility index (Phi) is 8.73. The van der Waals surface area contributed by atoms with E-state index in [2.05, 4.69) is 10.2 Å². The summed E-state index contributed by atoms with van der Waals surface area (Å²) in [5.74, 6) is -0.414. The molecule has 5 rings (SSSR count). The van der Waals surface area contributed by atoms with Crippen LogP contribution in [0.3, 0.4) is 0 Å². The first kappa shape index (κ1) is 28.8. The van der Waals surface area contributed by atoms with Crippen LogP contribution in [0.25, 0.3) is 11.3 Å². The molecule has 3 heterocycles. The fraction of sp³-hybridized carbons (Fsp3) is 0.406. The third kappa shape index (κ3) is 6.78. The summed E-state index contributed by atoms with van der Waals surface area (Å²) in [7, 11) is 0. The molecule has 1 amide bonds. The topological polar surface area (TPSA) is 88.3 Å². The summed E-state index contributed by atoms with van der Waals surface area (Å²) in [6.07, 6.45) is 0.749. The Bertz CT molecular complexity index is 1410. The van der Waals surface area contributed by atoms with Crippen LogP contribution < -0.4 is 16.0 Å². The number of rotatable bonds is 11. The molecule has 3 N–H and O–H groups in total. The van der Waals surface area contributed by atoms with Crippen molar-refractivity contribution in [1.29, 1.82) is 0 Å². The van der Waals surface area contributed by atoms with E-state index in [1.54, 1.807) is 12.1 Å². The van der Waals surface area contributed by atoms with Gasteiger partial charge in [0.15, 0.2) is 0 Å². The molecule has 216 valence electrons. The van der Waals surface area contributed by atoms with Gasteiger partial charge in [-0.05, 0) is 80.1 Å². The predicted molar refractivity (Wildman–Crippen MR) is 154 cm³/mol. The summed E-state index contributed by atoms with van der Waals surface area (Å²) in [6.45, 7) is 2.19. The molecule has 1 fully saturated rings. The van der Waals surface area contributed by atoms with Gasteiger partial charge in [0.2, 0.25) is 5.91 Å². The smallest absolute Gasteiger partial charge is 0.370 e. The third-order valence-electron chi connectivity index (χ3n) is 8.05. The standard InChI is InChI=1S/C32H35F3N4O2/c33-32(34,35)24-8-5-7-22(19-24)27-13-14-28-30(38-27)29(23-15-17-39(28)20-23)31(41)37-25-9-4-6-21(18-25)11-12-26(40)10-2-1-3-16-36/h4-9,13-14,18-19,23,29H,1-3,10-12,15-17,20,36H2,(H,37,41)/t23-,29?/m0/s1. The number of nitrogens with one attached hydrogen (secondary N) is 1. The summed E-state index contributed by atoms with van der Waals surface area (Å²) in [4.78, 5) is 33.0. The van der Waals surface area contributed by atoms with E-state index in [0.29, 0.717) is 48.4 Å². The van der Waals surface area contributed by atoms with E-state index < -0.39 is 17.7 Å². The average Bonchev–Trinajstić information content (AvgIpc) is 3.38. The number of Topliss-reactive ketones (excluding diaryl/α,β-unsaturated/α-hetero) is 1. The zero-order valence-electron chi connectivity index (χ0n) is 22.9. The Hall–Kier alpha value is -3.72. The van der Waals surface area contributed by atoms with Crippen LogP contribution in [-0.4, -0.2) is 36.3 Å². The fourth-order valence-electron chi connectivity index (χ4n) is 5.90. The third-order valence-corrected chi connectivity index (χ3v) is 8.05. The maximum Gasteiger partial charge on any atom is 0.416 e. The van der Waals surface area contributed by atoms with Gasteiger partial charge in [-0.1, -0.05) is 30.7 Å². The highest BCUT2D eigenvalue weighted by atomic mass is 19.4. The van der Waals surface area contributed by atoms with E-state index in [1.165, 1.54) is 6.07 Å². The van der Waals surface area contributed by atoms with Crippen LogP contribution in [0.1, 0.15) is 61.3 Å². The SMILES string of the molecule is NCCCCCC(=O)CCc1cccc(NC(=O)C2c3nc(-c4cccc(C(F)(F)F)c4)ccc3N3CC[C@H]2C3)c1. The number of nitrogens with two attached hydrogens (primary N) is 1. The molecule has 0 spiro atoms. The normalized spacial score (nSPS) is 17.8. The maximum atomic E-state index is 13.7. The largest absolute Gasteiger partial charge is 0.416 e. The number of anilines is 2. The summed E-state index contributed by atoms with van der Waals surface area (Å²) < 4.78 is 40.0. The number of amides is 1. The first-order chi connectivity index (χ1) is 19.7. The Balaban J connectivity index is 1.32. The quantitative estimate of drug-likeness (QED) is 0.265. The lowest BCUT2D eigenvalue weighted by molar-refractivity contribution is -0.137.